The number of carboxylic acids is 1. The molecule has 1 aliphatic rings. The van der Waals surface area contributed by atoms with E-state index in [2.05, 4.69) is 25.0 Å². The van der Waals surface area contributed by atoms with Crippen LogP contribution < -0.4 is 0 Å². The van der Waals surface area contributed by atoms with E-state index in [1.807, 2.05) is 11.7 Å². The molecule has 0 spiro atoms. The molecule has 106 valence electrons. The molecule has 4 heteroatoms. The number of carbonyl (C=O) groups is 1. The third-order valence-corrected chi connectivity index (χ3v) is 4.45. The smallest absolute Gasteiger partial charge is 0.310 e. The highest BCUT2D eigenvalue weighted by atomic mass is 16.4. The summed E-state index contributed by atoms with van der Waals surface area (Å²) < 4.78 is 1.85. The van der Waals surface area contributed by atoms with Crippen LogP contribution in [0.4, 0.5) is 0 Å². The molecule has 2 unspecified atom stereocenters. The lowest BCUT2D eigenvalue weighted by Gasteiger charge is -2.36. The van der Waals surface area contributed by atoms with E-state index in [1.165, 1.54) is 0 Å². The minimum atomic E-state index is -0.640. The molecule has 0 aliphatic heterocycles. The molecule has 1 fully saturated rings. The van der Waals surface area contributed by atoms with E-state index in [-0.39, 0.29) is 0 Å². The van der Waals surface area contributed by atoms with Crippen LogP contribution in [0, 0.1) is 11.3 Å². The Bertz CT molecular complexity index is 467. The van der Waals surface area contributed by atoms with E-state index >= 15 is 0 Å². The number of hydrogen-bond acceptors (Lipinski definition) is 2. The average molecular weight is 264 g/mol. The van der Waals surface area contributed by atoms with Crippen LogP contribution in [0.2, 0.25) is 0 Å². The van der Waals surface area contributed by atoms with Crippen molar-refractivity contribution in [3.63, 3.8) is 0 Å². The highest BCUT2D eigenvalue weighted by Gasteiger charge is 2.42. The van der Waals surface area contributed by atoms with Gasteiger partial charge in [0.25, 0.3) is 0 Å². The van der Waals surface area contributed by atoms with Gasteiger partial charge in [-0.25, -0.2) is 0 Å². The van der Waals surface area contributed by atoms with E-state index < -0.39 is 11.4 Å². The predicted octanol–water partition coefficient (Wildman–Crippen LogP) is 2.81. The molecule has 0 amide bonds. The Morgan fingerprint density at radius 2 is 2.37 bits per heavy atom. The predicted molar refractivity (Wildman–Crippen MR) is 74.0 cm³/mol. The van der Waals surface area contributed by atoms with Crippen LogP contribution in [-0.2, 0) is 24.7 Å². The Hall–Kier alpha value is -1.32. The van der Waals surface area contributed by atoms with Crippen molar-refractivity contribution >= 4 is 5.97 Å². The van der Waals surface area contributed by atoms with Crippen molar-refractivity contribution in [2.75, 3.05) is 0 Å². The molecule has 1 aromatic heterocycles. The standard InChI is InChI=1S/C15H24N2O2/c1-4-12-8-13(17(3)16-12)10-15(14(18)19)7-5-6-11(2)9-15/h8,11H,4-7,9-10H2,1-3H3,(H,18,19). The first-order valence-corrected chi connectivity index (χ1v) is 7.22. The van der Waals surface area contributed by atoms with Gasteiger partial charge < -0.3 is 5.11 Å². The molecular weight excluding hydrogens is 240 g/mol. The van der Waals surface area contributed by atoms with Crippen molar-refractivity contribution in [1.29, 1.82) is 0 Å². The maximum atomic E-state index is 11.8. The SMILES string of the molecule is CCc1cc(CC2(C(=O)O)CCCC(C)C2)n(C)n1. The zero-order chi connectivity index (χ0) is 14.0. The summed E-state index contributed by atoms with van der Waals surface area (Å²) in [7, 11) is 1.91. The van der Waals surface area contributed by atoms with Gasteiger partial charge in [0.1, 0.15) is 0 Å². The normalized spacial score (nSPS) is 27.4. The van der Waals surface area contributed by atoms with Crippen LogP contribution in [0.25, 0.3) is 0 Å². The average Bonchev–Trinajstić information content (AvgIpc) is 2.70. The fourth-order valence-electron chi connectivity index (χ4n) is 3.35. The third kappa shape index (κ3) is 2.82. The second kappa shape index (κ2) is 5.35. The fraction of sp³-hybridized carbons (Fsp3) is 0.733. The van der Waals surface area contributed by atoms with E-state index in [0.717, 1.165) is 43.5 Å². The number of hydrogen-bond donors (Lipinski definition) is 1. The highest BCUT2D eigenvalue weighted by Crippen LogP contribution is 2.42. The van der Waals surface area contributed by atoms with E-state index in [9.17, 15) is 9.90 Å². The van der Waals surface area contributed by atoms with Crippen molar-refractivity contribution in [3.05, 3.63) is 17.5 Å². The highest BCUT2D eigenvalue weighted by molar-refractivity contribution is 5.75. The number of aliphatic carboxylic acids is 1. The summed E-state index contributed by atoms with van der Waals surface area (Å²) in [4.78, 5) is 11.8. The molecule has 0 radical (unpaired) electrons. The zero-order valence-electron chi connectivity index (χ0n) is 12.1. The van der Waals surface area contributed by atoms with Gasteiger partial charge >= 0.3 is 5.97 Å². The van der Waals surface area contributed by atoms with Gasteiger partial charge in [-0.1, -0.05) is 26.7 Å². The first-order chi connectivity index (χ1) is 8.97. The van der Waals surface area contributed by atoms with Crippen LogP contribution >= 0.6 is 0 Å². The Balaban J connectivity index is 2.25. The molecule has 1 aromatic rings. The molecule has 4 nitrogen and oxygen atoms in total. The first kappa shape index (κ1) is 14.1. The maximum Gasteiger partial charge on any atom is 0.310 e. The second-order valence-corrected chi connectivity index (χ2v) is 6.07. The van der Waals surface area contributed by atoms with Gasteiger partial charge in [-0.2, -0.15) is 5.10 Å². The Morgan fingerprint density at radius 3 is 2.89 bits per heavy atom. The van der Waals surface area contributed by atoms with Gasteiger partial charge in [-0.3, -0.25) is 9.48 Å². The van der Waals surface area contributed by atoms with Crippen LogP contribution in [0.15, 0.2) is 6.07 Å². The quantitative estimate of drug-likeness (QED) is 0.909. The van der Waals surface area contributed by atoms with E-state index in [0.29, 0.717) is 12.3 Å². The number of aromatic nitrogens is 2. The van der Waals surface area contributed by atoms with Gasteiger partial charge in [0.05, 0.1) is 11.1 Å². The van der Waals surface area contributed by atoms with E-state index in [4.69, 9.17) is 0 Å². The van der Waals surface area contributed by atoms with Crippen molar-refractivity contribution in [2.45, 2.75) is 52.4 Å². The molecule has 0 saturated heterocycles. The summed E-state index contributed by atoms with van der Waals surface area (Å²) in [5, 5.41) is 14.1. The van der Waals surface area contributed by atoms with Crippen LogP contribution in [0.5, 0.6) is 0 Å². The molecule has 19 heavy (non-hydrogen) atoms. The minimum absolute atomic E-state index is 0.503. The second-order valence-electron chi connectivity index (χ2n) is 6.07. The lowest BCUT2D eigenvalue weighted by atomic mass is 9.67. The van der Waals surface area contributed by atoms with Crippen molar-refractivity contribution in [1.82, 2.24) is 9.78 Å². The van der Waals surface area contributed by atoms with E-state index in [1.54, 1.807) is 0 Å². The monoisotopic (exact) mass is 264 g/mol. The van der Waals surface area contributed by atoms with Crippen molar-refractivity contribution < 1.29 is 9.90 Å². The number of carboxylic acid groups (broad SMARTS) is 1. The maximum absolute atomic E-state index is 11.8. The molecule has 0 aromatic carbocycles. The van der Waals surface area contributed by atoms with Crippen LogP contribution in [0.1, 0.15) is 50.9 Å². The first-order valence-electron chi connectivity index (χ1n) is 7.22. The Labute approximate surface area is 114 Å². The zero-order valence-corrected chi connectivity index (χ0v) is 12.1. The molecule has 0 bridgehead atoms. The van der Waals surface area contributed by atoms with Gasteiger partial charge in [0.15, 0.2) is 0 Å². The molecule has 2 rings (SSSR count). The minimum Gasteiger partial charge on any atom is -0.481 e. The molecule has 1 saturated carbocycles. The number of nitrogens with zero attached hydrogens (tertiary/aromatic N) is 2. The van der Waals surface area contributed by atoms with Crippen molar-refractivity contribution in [2.24, 2.45) is 18.4 Å². The largest absolute Gasteiger partial charge is 0.481 e. The molecular formula is C15H24N2O2. The lowest BCUT2D eigenvalue weighted by Crippen LogP contribution is -2.38. The summed E-state index contributed by atoms with van der Waals surface area (Å²) in [5.41, 5.74) is 1.51. The molecule has 1 N–H and O–H groups in total. The Kier molecular flexibility index (Phi) is 3.97. The number of rotatable bonds is 4. The topological polar surface area (TPSA) is 55.1 Å². The van der Waals surface area contributed by atoms with Crippen LogP contribution in [0.3, 0.4) is 0 Å². The summed E-state index contributed by atoms with van der Waals surface area (Å²) in [6.45, 7) is 4.24. The van der Waals surface area contributed by atoms with Crippen LogP contribution in [-0.4, -0.2) is 20.9 Å². The summed E-state index contributed by atoms with van der Waals surface area (Å²) in [6.07, 6.45) is 5.25. The Morgan fingerprint density at radius 1 is 1.63 bits per heavy atom. The molecule has 2 atom stereocenters. The van der Waals surface area contributed by atoms with Gasteiger partial charge in [0.2, 0.25) is 0 Å². The third-order valence-electron chi connectivity index (χ3n) is 4.45. The fourth-order valence-corrected chi connectivity index (χ4v) is 3.35. The molecule has 1 aliphatic carbocycles. The lowest BCUT2D eigenvalue weighted by molar-refractivity contribution is -0.152. The van der Waals surface area contributed by atoms with Gasteiger partial charge in [-0.15, -0.1) is 0 Å². The summed E-state index contributed by atoms with van der Waals surface area (Å²) in [5.74, 6) is -0.137. The summed E-state index contributed by atoms with van der Waals surface area (Å²) >= 11 is 0. The number of aryl methyl sites for hydroxylation is 2. The summed E-state index contributed by atoms with van der Waals surface area (Å²) in [6, 6.07) is 2.06. The van der Waals surface area contributed by atoms with Crippen molar-refractivity contribution in [3.8, 4) is 0 Å². The van der Waals surface area contributed by atoms with Gasteiger partial charge in [0, 0.05) is 19.2 Å². The van der Waals surface area contributed by atoms with Gasteiger partial charge in [-0.05, 0) is 31.2 Å². The molecule has 1 heterocycles.